The Hall–Kier alpha value is -2.67. The van der Waals surface area contributed by atoms with Gasteiger partial charge < -0.3 is 0 Å². The average molecular weight is 281 g/mol. The normalized spacial score (nSPS) is 12.0. The van der Waals surface area contributed by atoms with Crippen molar-refractivity contribution in [2.45, 2.75) is 20.3 Å². The van der Waals surface area contributed by atoms with Gasteiger partial charge in [0.2, 0.25) is 0 Å². The van der Waals surface area contributed by atoms with E-state index in [2.05, 4.69) is 21.9 Å². The molecule has 3 nitrogen and oxygen atoms in total. The molecular weight excluding hydrogens is 265 g/mol. The molecule has 2 aromatic rings. The number of allylic oxidation sites excluding steroid dienone is 4. The summed E-state index contributed by atoms with van der Waals surface area (Å²) >= 11 is 0. The first-order chi connectivity index (χ1) is 10.2. The Bertz CT molecular complexity index is 715. The number of pyridine rings is 1. The van der Waals surface area contributed by atoms with Gasteiger partial charge in [0.05, 0.1) is 17.5 Å². The maximum Gasteiger partial charge on any atom is 0.113 e. The number of nitrogens with zero attached hydrogens (tertiary/aromatic N) is 3. The molecule has 0 aliphatic carbocycles. The van der Waals surface area contributed by atoms with E-state index in [-0.39, 0.29) is 5.83 Å². The van der Waals surface area contributed by atoms with Crippen molar-refractivity contribution in [2.24, 2.45) is 0 Å². The second-order valence-electron chi connectivity index (χ2n) is 4.30. The molecule has 0 atom stereocenters. The Morgan fingerprint density at radius 2 is 2.24 bits per heavy atom. The first kappa shape index (κ1) is 14.7. The molecule has 0 saturated heterocycles. The minimum absolute atomic E-state index is 0.181. The predicted octanol–water partition coefficient (Wildman–Crippen LogP) is 3.80. The number of hydrogen-bond acceptors (Lipinski definition) is 2. The molecule has 0 saturated carbocycles. The molecule has 0 unspecified atom stereocenters. The van der Waals surface area contributed by atoms with Gasteiger partial charge in [-0.05, 0) is 37.5 Å². The van der Waals surface area contributed by atoms with Crippen LogP contribution in [0.2, 0.25) is 0 Å². The highest BCUT2D eigenvalue weighted by molar-refractivity contribution is 5.57. The predicted molar refractivity (Wildman–Crippen MR) is 81.9 cm³/mol. The smallest absolute Gasteiger partial charge is 0.113 e. The standard InChI is InChI=1S/C17H16FN3/c1-3-15(18)11-17(4-2)21-13-14(12-20-21)8-9-16-7-5-6-10-19-16/h4-7,10-13H,3H2,1-2H3/b15-11+,17-4+. The zero-order chi connectivity index (χ0) is 15.1. The van der Waals surface area contributed by atoms with E-state index in [1.54, 1.807) is 36.3 Å². The second kappa shape index (κ2) is 7.20. The molecule has 106 valence electrons. The van der Waals surface area contributed by atoms with Crippen LogP contribution in [0.5, 0.6) is 0 Å². The van der Waals surface area contributed by atoms with Crippen LogP contribution in [-0.4, -0.2) is 14.8 Å². The topological polar surface area (TPSA) is 30.7 Å². The molecule has 0 spiro atoms. The third-order valence-corrected chi connectivity index (χ3v) is 2.78. The van der Waals surface area contributed by atoms with Crippen LogP contribution < -0.4 is 0 Å². The zero-order valence-corrected chi connectivity index (χ0v) is 12.0. The third kappa shape index (κ3) is 4.15. The van der Waals surface area contributed by atoms with Crippen LogP contribution in [0.25, 0.3) is 5.70 Å². The van der Waals surface area contributed by atoms with Crippen molar-refractivity contribution < 1.29 is 4.39 Å². The minimum Gasteiger partial charge on any atom is -0.248 e. The van der Waals surface area contributed by atoms with E-state index >= 15 is 0 Å². The molecule has 21 heavy (non-hydrogen) atoms. The molecule has 0 aliphatic heterocycles. The summed E-state index contributed by atoms with van der Waals surface area (Å²) in [5.41, 5.74) is 2.14. The number of rotatable bonds is 3. The first-order valence-electron chi connectivity index (χ1n) is 6.73. The van der Waals surface area contributed by atoms with Crippen molar-refractivity contribution >= 4 is 5.70 Å². The van der Waals surface area contributed by atoms with Gasteiger partial charge >= 0.3 is 0 Å². The molecule has 0 bridgehead atoms. The van der Waals surface area contributed by atoms with Crippen LogP contribution in [0.3, 0.4) is 0 Å². The summed E-state index contributed by atoms with van der Waals surface area (Å²) in [4.78, 5) is 4.13. The van der Waals surface area contributed by atoms with Crippen molar-refractivity contribution in [1.29, 1.82) is 0 Å². The maximum absolute atomic E-state index is 13.4. The van der Waals surface area contributed by atoms with E-state index in [0.29, 0.717) is 17.8 Å². The van der Waals surface area contributed by atoms with Crippen LogP contribution in [0.15, 0.2) is 54.8 Å². The highest BCUT2D eigenvalue weighted by Gasteiger charge is 2.01. The monoisotopic (exact) mass is 281 g/mol. The van der Waals surface area contributed by atoms with Crippen LogP contribution >= 0.6 is 0 Å². The van der Waals surface area contributed by atoms with E-state index in [9.17, 15) is 4.39 Å². The summed E-state index contributed by atoms with van der Waals surface area (Å²) in [6, 6.07) is 5.57. The van der Waals surface area contributed by atoms with Gasteiger partial charge in [-0.1, -0.05) is 25.0 Å². The van der Waals surface area contributed by atoms with Crippen molar-refractivity contribution in [3.8, 4) is 11.8 Å². The van der Waals surface area contributed by atoms with Gasteiger partial charge in [0.15, 0.2) is 0 Å². The number of halogens is 1. The van der Waals surface area contributed by atoms with Gasteiger partial charge in [0.25, 0.3) is 0 Å². The van der Waals surface area contributed by atoms with Gasteiger partial charge in [0, 0.05) is 12.4 Å². The Kier molecular flexibility index (Phi) is 5.05. The average Bonchev–Trinajstić information content (AvgIpc) is 3.00. The fourth-order valence-electron chi connectivity index (χ4n) is 1.65. The first-order valence-corrected chi connectivity index (χ1v) is 6.73. The summed E-state index contributed by atoms with van der Waals surface area (Å²) in [7, 11) is 0. The molecule has 2 heterocycles. The molecule has 0 radical (unpaired) electrons. The van der Waals surface area contributed by atoms with Gasteiger partial charge in [-0.3, -0.25) is 0 Å². The second-order valence-corrected chi connectivity index (χ2v) is 4.30. The lowest BCUT2D eigenvalue weighted by molar-refractivity contribution is 0.604. The van der Waals surface area contributed by atoms with Crippen LogP contribution in [-0.2, 0) is 0 Å². The van der Waals surface area contributed by atoms with Gasteiger partial charge in [-0.25, -0.2) is 14.1 Å². The minimum atomic E-state index is -0.181. The van der Waals surface area contributed by atoms with Gasteiger partial charge in [-0.15, -0.1) is 0 Å². The molecule has 0 aliphatic rings. The third-order valence-electron chi connectivity index (χ3n) is 2.78. The fraction of sp³-hybridized carbons (Fsp3) is 0.176. The maximum atomic E-state index is 13.4. The van der Waals surface area contributed by atoms with Gasteiger partial charge in [-0.2, -0.15) is 5.10 Å². The number of aromatic nitrogens is 3. The van der Waals surface area contributed by atoms with Crippen molar-refractivity contribution in [3.05, 3.63) is 66.0 Å². The highest BCUT2D eigenvalue weighted by Crippen LogP contribution is 2.12. The SMILES string of the molecule is C/C=C(\C=C(\F)CC)n1cc(C#Cc2ccccn2)cn1. The van der Waals surface area contributed by atoms with Crippen LogP contribution in [0.1, 0.15) is 31.5 Å². The number of hydrogen-bond donors (Lipinski definition) is 0. The summed E-state index contributed by atoms with van der Waals surface area (Å²) in [6.07, 6.45) is 8.76. The summed E-state index contributed by atoms with van der Waals surface area (Å²) in [5, 5.41) is 4.20. The van der Waals surface area contributed by atoms with E-state index in [1.165, 1.54) is 6.08 Å². The molecule has 0 fully saturated rings. The Morgan fingerprint density at radius 1 is 1.38 bits per heavy atom. The van der Waals surface area contributed by atoms with Crippen molar-refractivity contribution in [1.82, 2.24) is 14.8 Å². The fourth-order valence-corrected chi connectivity index (χ4v) is 1.65. The van der Waals surface area contributed by atoms with E-state index in [1.807, 2.05) is 25.1 Å². The summed E-state index contributed by atoms with van der Waals surface area (Å²) in [5.74, 6) is 5.77. The van der Waals surface area contributed by atoms with Gasteiger partial charge in [0.1, 0.15) is 11.5 Å². The highest BCUT2D eigenvalue weighted by atomic mass is 19.1. The lowest BCUT2D eigenvalue weighted by Gasteiger charge is -2.01. The molecule has 4 heteroatoms. The Balaban J connectivity index is 2.21. The van der Waals surface area contributed by atoms with Crippen LogP contribution in [0.4, 0.5) is 4.39 Å². The lowest BCUT2D eigenvalue weighted by atomic mass is 10.3. The molecule has 2 rings (SSSR count). The summed E-state index contributed by atoms with van der Waals surface area (Å²) < 4.78 is 15.0. The zero-order valence-electron chi connectivity index (χ0n) is 12.0. The van der Waals surface area contributed by atoms with E-state index in [0.717, 1.165) is 5.56 Å². The van der Waals surface area contributed by atoms with Crippen molar-refractivity contribution in [2.75, 3.05) is 0 Å². The molecule has 0 N–H and O–H groups in total. The van der Waals surface area contributed by atoms with Crippen LogP contribution in [0, 0.1) is 11.8 Å². The quantitative estimate of drug-likeness (QED) is 0.633. The molecule has 0 amide bonds. The Morgan fingerprint density at radius 3 is 2.90 bits per heavy atom. The van der Waals surface area contributed by atoms with E-state index < -0.39 is 0 Å². The largest absolute Gasteiger partial charge is 0.248 e. The summed E-state index contributed by atoms with van der Waals surface area (Å²) in [6.45, 7) is 3.61. The lowest BCUT2D eigenvalue weighted by Crippen LogP contribution is -1.95. The molecule has 2 aromatic heterocycles. The Labute approximate surface area is 123 Å². The molecular formula is C17H16FN3. The molecule has 0 aromatic carbocycles. The van der Waals surface area contributed by atoms with Crippen molar-refractivity contribution in [3.63, 3.8) is 0 Å². The van der Waals surface area contributed by atoms with E-state index in [4.69, 9.17) is 0 Å².